The molecule has 1 N–H and O–H groups in total. The second-order valence-electron chi connectivity index (χ2n) is 8.95. The number of carbonyl (C=O) groups is 1. The summed E-state index contributed by atoms with van der Waals surface area (Å²) in [6.45, 7) is 4.04. The molecule has 34 heavy (non-hydrogen) atoms. The molecule has 3 aromatic rings. The molecule has 1 aliphatic rings. The summed E-state index contributed by atoms with van der Waals surface area (Å²) in [5.41, 5.74) is 2.77. The number of nitrogens with zero attached hydrogens (tertiary/aromatic N) is 3. The number of hydrogen-bond donors (Lipinski definition) is 1. The predicted octanol–water partition coefficient (Wildman–Crippen LogP) is 3.05. The molecule has 2 heterocycles. The summed E-state index contributed by atoms with van der Waals surface area (Å²) in [6, 6.07) is 6.24. The average molecular weight is 487 g/mol. The molecule has 1 aromatic carbocycles. The summed E-state index contributed by atoms with van der Waals surface area (Å²) >= 11 is 0. The topological polar surface area (TPSA) is 103 Å². The van der Waals surface area contributed by atoms with E-state index in [1.807, 2.05) is 13.8 Å². The van der Waals surface area contributed by atoms with Gasteiger partial charge in [-0.2, -0.15) is 13.5 Å². The van der Waals surface area contributed by atoms with Gasteiger partial charge in [0.1, 0.15) is 5.82 Å². The first-order valence-corrected chi connectivity index (χ1v) is 12.5. The minimum Gasteiger partial charge on any atom is -0.377 e. The van der Waals surface area contributed by atoms with Gasteiger partial charge in [0.05, 0.1) is 18.6 Å². The summed E-state index contributed by atoms with van der Waals surface area (Å²) < 4.78 is 49.3. The molecule has 0 radical (unpaired) electrons. The number of hydrogen-bond acceptors (Lipinski definition) is 6. The molecule has 10 heteroatoms. The minimum absolute atomic E-state index is 0.198. The Kier molecular flexibility index (Phi) is 6.55. The first-order valence-electron chi connectivity index (χ1n) is 11.0. The molecule has 0 unspecified atom stereocenters. The number of amides is 1. The van der Waals surface area contributed by atoms with E-state index in [4.69, 9.17) is 4.74 Å². The molecular formula is C24H27FN4O4S. The van der Waals surface area contributed by atoms with Crippen LogP contribution >= 0.6 is 0 Å². The van der Waals surface area contributed by atoms with Crippen molar-refractivity contribution in [2.45, 2.75) is 56.7 Å². The molecule has 0 aliphatic heterocycles. The van der Waals surface area contributed by atoms with Crippen LogP contribution in [-0.2, 0) is 45.4 Å². The Morgan fingerprint density at radius 2 is 1.91 bits per heavy atom. The smallest absolute Gasteiger partial charge is 0.283 e. The highest BCUT2D eigenvalue weighted by molar-refractivity contribution is 7.90. The molecule has 4 rings (SSSR count). The Balaban J connectivity index is 1.59. The van der Waals surface area contributed by atoms with E-state index in [2.05, 4.69) is 14.8 Å². The minimum atomic E-state index is -4.18. The monoisotopic (exact) mass is 486 g/mol. The second kappa shape index (κ2) is 9.27. The van der Waals surface area contributed by atoms with Crippen LogP contribution in [0.3, 0.4) is 0 Å². The second-order valence-corrected chi connectivity index (χ2v) is 10.6. The fourth-order valence-corrected chi connectivity index (χ4v) is 5.15. The quantitative estimate of drug-likeness (QED) is 0.525. The maximum Gasteiger partial charge on any atom is 0.283 e. The summed E-state index contributed by atoms with van der Waals surface area (Å²) in [4.78, 5) is 16.9. The largest absolute Gasteiger partial charge is 0.377 e. The molecule has 1 aliphatic carbocycles. The lowest BCUT2D eigenvalue weighted by Gasteiger charge is -2.22. The number of carbonyl (C=O) groups excluding carboxylic acids is 1. The van der Waals surface area contributed by atoms with Crippen molar-refractivity contribution < 1.29 is 22.3 Å². The molecule has 0 fully saturated rings. The fourth-order valence-electron chi connectivity index (χ4n) is 4.22. The van der Waals surface area contributed by atoms with Gasteiger partial charge in [0.25, 0.3) is 10.0 Å². The van der Waals surface area contributed by atoms with Crippen LogP contribution in [0.25, 0.3) is 11.1 Å². The van der Waals surface area contributed by atoms with E-state index in [1.165, 1.54) is 23.0 Å². The molecule has 0 saturated heterocycles. The zero-order valence-corrected chi connectivity index (χ0v) is 20.2. The van der Waals surface area contributed by atoms with Gasteiger partial charge in [-0.3, -0.25) is 14.5 Å². The first-order chi connectivity index (χ1) is 16.1. The van der Waals surface area contributed by atoms with Gasteiger partial charge < -0.3 is 4.74 Å². The van der Waals surface area contributed by atoms with Crippen LogP contribution in [0.15, 0.2) is 47.9 Å². The van der Waals surface area contributed by atoms with Crippen molar-refractivity contribution in [3.63, 3.8) is 0 Å². The Bertz CT molecular complexity index is 1320. The molecule has 0 saturated carbocycles. The lowest BCUT2D eigenvalue weighted by Crippen LogP contribution is -2.33. The molecule has 1 amide bonds. The SMILES string of the molecule is COC(C)(C)Cn1ccc(S(=O)(=O)NC(=O)Cc2c(-c3ccncc3)cc(F)c3c2CCC3)n1. The molecule has 0 atom stereocenters. The number of nitrogens with one attached hydrogen (secondary N) is 1. The maximum absolute atomic E-state index is 14.8. The van der Waals surface area contributed by atoms with Gasteiger partial charge in [-0.15, -0.1) is 0 Å². The molecule has 0 spiro atoms. The van der Waals surface area contributed by atoms with Gasteiger partial charge in [-0.05, 0) is 85.2 Å². The number of ether oxygens (including phenoxy) is 1. The zero-order valence-electron chi connectivity index (χ0n) is 19.3. The van der Waals surface area contributed by atoms with E-state index >= 15 is 0 Å². The number of benzene rings is 1. The van der Waals surface area contributed by atoms with Crippen LogP contribution in [0.2, 0.25) is 0 Å². The average Bonchev–Trinajstić information content (AvgIpc) is 3.46. The zero-order chi connectivity index (χ0) is 24.5. The molecule has 0 bridgehead atoms. The van der Waals surface area contributed by atoms with Gasteiger partial charge in [-0.1, -0.05) is 0 Å². The summed E-state index contributed by atoms with van der Waals surface area (Å²) in [5.74, 6) is -1.01. The van der Waals surface area contributed by atoms with Gasteiger partial charge in [-0.25, -0.2) is 9.11 Å². The van der Waals surface area contributed by atoms with Crippen molar-refractivity contribution >= 4 is 15.9 Å². The Morgan fingerprint density at radius 1 is 1.21 bits per heavy atom. The van der Waals surface area contributed by atoms with E-state index in [1.54, 1.807) is 31.6 Å². The normalized spacial score (nSPS) is 13.6. The number of rotatable bonds is 8. The third kappa shape index (κ3) is 5.02. The lowest BCUT2D eigenvalue weighted by molar-refractivity contribution is -0.118. The van der Waals surface area contributed by atoms with E-state index in [9.17, 15) is 17.6 Å². The summed E-state index contributed by atoms with van der Waals surface area (Å²) in [6.07, 6.45) is 6.53. The highest BCUT2D eigenvalue weighted by Crippen LogP contribution is 2.35. The van der Waals surface area contributed by atoms with Gasteiger partial charge in [0.2, 0.25) is 5.91 Å². The number of methoxy groups -OCH3 is 1. The molecule has 2 aromatic heterocycles. The van der Waals surface area contributed by atoms with Crippen molar-refractivity contribution in [1.29, 1.82) is 0 Å². The van der Waals surface area contributed by atoms with E-state index < -0.39 is 21.5 Å². The molecule has 180 valence electrons. The van der Waals surface area contributed by atoms with E-state index in [-0.39, 0.29) is 17.3 Å². The van der Waals surface area contributed by atoms with E-state index in [0.29, 0.717) is 41.6 Å². The van der Waals surface area contributed by atoms with Crippen molar-refractivity contribution in [3.05, 3.63) is 65.4 Å². The van der Waals surface area contributed by atoms with Crippen LogP contribution in [0.1, 0.15) is 37.0 Å². The Morgan fingerprint density at radius 3 is 2.62 bits per heavy atom. The van der Waals surface area contributed by atoms with Crippen LogP contribution in [0.4, 0.5) is 4.39 Å². The third-order valence-corrected chi connectivity index (χ3v) is 7.30. The van der Waals surface area contributed by atoms with Gasteiger partial charge in [0.15, 0.2) is 5.03 Å². The number of sulfonamides is 1. The number of fused-ring (bicyclic) bond motifs is 1. The van der Waals surface area contributed by atoms with E-state index in [0.717, 1.165) is 12.0 Å². The summed E-state index contributed by atoms with van der Waals surface area (Å²) in [7, 11) is -2.61. The fraction of sp³-hybridized carbons (Fsp3) is 0.375. The number of pyridine rings is 1. The van der Waals surface area contributed by atoms with Crippen molar-refractivity contribution in [3.8, 4) is 11.1 Å². The Labute approximate surface area is 198 Å². The van der Waals surface area contributed by atoms with Crippen molar-refractivity contribution in [1.82, 2.24) is 19.5 Å². The number of aromatic nitrogens is 3. The van der Waals surface area contributed by atoms with Crippen LogP contribution in [-0.4, -0.2) is 41.8 Å². The number of halogens is 1. The van der Waals surface area contributed by atoms with Crippen LogP contribution in [0.5, 0.6) is 0 Å². The molecular weight excluding hydrogens is 459 g/mol. The van der Waals surface area contributed by atoms with Crippen LogP contribution < -0.4 is 4.72 Å². The highest BCUT2D eigenvalue weighted by Gasteiger charge is 2.27. The predicted molar refractivity (Wildman–Crippen MR) is 124 cm³/mol. The first kappa shape index (κ1) is 24.0. The standard InChI is InChI=1S/C24H27FN4O4S/c1-24(2,33-3)15-29-12-9-23(27-29)34(31,32)28-22(30)14-20-17-5-4-6-18(17)21(25)13-19(20)16-7-10-26-11-8-16/h7-13H,4-6,14-15H2,1-3H3,(H,28,30). The Hall–Kier alpha value is -3.11. The van der Waals surface area contributed by atoms with Crippen LogP contribution in [0, 0.1) is 5.82 Å². The third-order valence-electron chi connectivity index (χ3n) is 6.03. The highest BCUT2D eigenvalue weighted by atomic mass is 32.2. The summed E-state index contributed by atoms with van der Waals surface area (Å²) in [5, 5.41) is 3.83. The lowest BCUT2D eigenvalue weighted by atomic mass is 9.91. The van der Waals surface area contributed by atoms with Gasteiger partial charge >= 0.3 is 0 Å². The maximum atomic E-state index is 14.8. The van der Waals surface area contributed by atoms with Crippen molar-refractivity contribution in [2.24, 2.45) is 0 Å². The molecule has 8 nitrogen and oxygen atoms in total. The van der Waals surface area contributed by atoms with Gasteiger partial charge in [0, 0.05) is 25.7 Å². The van der Waals surface area contributed by atoms with Crippen molar-refractivity contribution in [2.75, 3.05) is 7.11 Å².